The zero-order valence-corrected chi connectivity index (χ0v) is 16.8. The van der Waals surface area contributed by atoms with Crippen LogP contribution in [0.5, 0.6) is 11.5 Å². The van der Waals surface area contributed by atoms with Crippen molar-refractivity contribution in [3.05, 3.63) is 53.0 Å². The summed E-state index contributed by atoms with van der Waals surface area (Å²) < 4.78 is 29.4. The molecule has 30 heavy (non-hydrogen) atoms. The standard InChI is InChI=1S/C23H21FN2O4/c1-28-20-10-14-9-18(17(14)12-21(20)29-2)23(27)26-7-5-13(6-8-26)22-16-4-3-15(24)11-19(16)30-25-22/h3-4,9-13H,5-8H2,1-2H3. The number of hydrogen-bond acceptors (Lipinski definition) is 5. The third-order valence-electron chi connectivity index (χ3n) is 6.01. The van der Waals surface area contributed by atoms with Crippen molar-refractivity contribution in [3.63, 3.8) is 0 Å². The molecule has 1 saturated heterocycles. The SMILES string of the molecule is COc1cc2c(cc1OC)C(C(=O)N1CCC(c3noc4cc(F)ccc34)CC1)=C2. The monoisotopic (exact) mass is 408 g/mol. The minimum Gasteiger partial charge on any atom is -0.493 e. The summed E-state index contributed by atoms with van der Waals surface area (Å²) in [5.41, 5.74) is 3.88. The number of amides is 1. The molecule has 0 unspecified atom stereocenters. The molecule has 1 amide bonds. The molecule has 0 radical (unpaired) electrons. The normalized spacial score (nSPS) is 16.1. The van der Waals surface area contributed by atoms with Crippen molar-refractivity contribution in [1.82, 2.24) is 10.1 Å². The van der Waals surface area contributed by atoms with Gasteiger partial charge in [0.2, 0.25) is 0 Å². The molecule has 154 valence electrons. The van der Waals surface area contributed by atoms with Crippen molar-refractivity contribution < 1.29 is 23.2 Å². The average Bonchev–Trinajstić information content (AvgIpc) is 3.17. The van der Waals surface area contributed by atoms with Crippen molar-refractivity contribution >= 4 is 28.5 Å². The number of benzene rings is 2. The number of carbonyl (C=O) groups excluding carboxylic acids is 1. The first-order valence-corrected chi connectivity index (χ1v) is 9.91. The van der Waals surface area contributed by atoms with Gasteiger partial charge < -0.3 is 18.9 Å². The number of aromatic nitrogens is 1. The number of methoxy groups -OCH3 is 2. The second-order valence-electron chi connectivity index (χ2n) is 7.63. The van der Waals surface area contributed by atoms with Crippen molar-refractivity contribution in [2.75, 3.05) is 27.3 Å². The minimum absolute atomic E-state index is 0.0280. The van der Waals surface area contributed by atoms with E-state index in [1.54, 1.807) is 20.3 Å². The Hall–Kier alpha value is -3.35. The summed E-state index contributed by atoms with van der Waals surface area (Å²) in [6.07, 6.45) is 3.47. The van der Waals surface area contributed by atoms with Gasteiger partial charge >= 0.3 is 0 Å². The number of rotatable bonds is 4. The van der Waals surface area contributed by atoms with Crippen molar-refractivity contribution in [1.29, 1.82) is 0 Å². The number of ether oxygens (including phenoxy) is 2. The molecule has 0 saturated carbocycles. The van der Waals surface area contributed by atoms with Crippen LogP contribution in [-0.2, 0) is 4.79 Å². The third kappa shape index (κ3) is 2.93. The van der Waals surface area contributed by atoms with Gasteiger partial charge in [0.1, 0.15) is 5.82 Å². The Morgan fingerprint density at radius 1 is 1.13 bits per heavy atom. The Balaban J connectivity index is 1.29. The molecule has 5 rings (SSSR count). The molecule has 0 N–H and O–H groups in total. The average molecular weight is 408 g/mol. The highest BCUT2D eigenvalue weighted by Gasteiger charge is 2.32. The maximum atomic E-state index is 13.4. The van der Waals surface area contributed by atoms with Crippen LogP contribution in [0.3, 0.4) is 0 Å². The fraction of sp³-hybridized carbons (Fsp3) is 0.304. The van der Waals surface area contributed by atoms with Crippen LogP contribution in [0.25, 0.3) is 22.6 Å². The lowest BCUT2D eigenvalue weighted by molar-refractivity contribution is -0.126. The van der Waals surface area contributed by atoms with Crippen LogP contribution in [0, 0.1) is 5.82 Å². The number of likely N-dealkylation sites (tertiary alicyclic amines) is 1. The van der Waals surface area contributed by atoms with Gasteiger partial charge in [-0.05, 0) is 54.3 Å². The molecule has 0 spiro atoms. The highest BCUT2D eigenvalue weighted by atomic mass is 19.1. The summed E-state index contributed by atoms with van der Waals surface area (Å²) in [6, 6.07) is 8.23. The smallest absolute Gasteiger partial charge is 0.254 e. The van der Waals surface area contributed by atoms with Gasteiger partial charge in [0.15, 0.2) is 17.1 Å². The fourth-order valence-electron chi connectivity index (χ4n) is 4.33. The van der Waals surface area contributed by atoms with Crippen LogP contribution in [0.1, 0.15) is 35.6 Å². The summed E-state index contributed by atoms with van der Waals surface area (Å²) >= 11 is 0. The quantitative estimate of drug-likeness (QED) is 0.646. The summed E-state index contributed by atoms with van der Waals surface area (Å²) in [6.45, 7) is 1.28. The molecule has 0 bridgehead atoms. The lowest BCUT2D eigenvalue weighted by atomic mass is 9.86. The number of piperidine rings is 1. The lowest BCUT2D eigenvalue weighted by Gasteiger charge is -2.33. The minimum atomic E-state index is -0.339. The zero-order chi connectivity index (χ0) is 20.8. The highest BCUT2D eigenvalue weighted by molar-refractivity contribution is 6.29. The first kappa shape index (κ1) is 18.7. The third-order valence-corrected chi connectivity index (χ3v) is 6.01. The number of fused-ring (bicyclic) bond motifs is 2. The van der Waals surface area contributed by atoms with Crippen molar-refractivity contribution in [2.24, 2.45) is 0 Å². The Morgan fingerprint density at radius 3 is 2.60 bits per heavy atom. The van der Waals surface area contributed by atoms with E-state index < -0.39 is 0 Å². The molecule has 3 aromatic rings. The van der Waals surface area contributed by atoms with Gasteiger partial charge in [-0.15, -0.1) is 0 Å². The van der Waals surface area contributed by atoms with E-state index in [9.17, 15) is 9.18 Å². The molecule has 1 aromatic heterocycles. The summed E-state index contributed by atoms with van der Waals surface area (Å²) in [7, 11) is 3.18. The van der Waals surface area contributed by atoms with E-state index in [1.807, 2.05) is 23.1 Å². The second-order valence-corrected chi connectivity index (χ2v) is 7.63. The Labute approximate surface area is 172 Å². The Bertz CT molecular complexity index is 1180. The maximum Gasteiger partial charge on any atom is 0.254 e. The first-order valence-electron chi connectivity index (χ1n) is 9.91. The van der Waals surface area contributed by atoms with E-state index >= 15 is 0 Å². The maximum absolute atomic E-state index is 13.4. The Morgan fingerprint density at radius 2 is 1.87 bits per heavy atom. The predicted molar refractivity (Wildman–Crippen MR) is 110 cm³/mol. The van der Waals surface area contributed by atoms with Crippen LogP contribution in [-0.4, -0.2) is 43.3 Å². The van der Waals surface area contributed by atoms with Crippen LogP contribution >= 0.6 is 0 Å². The fourth-order valence-corrected chi connectivity index (χ4v) is 4.33. The predicted octanol–water partition coefficient (Wildman–Crippen LogP) is 4.24. The largest absolute Gasteiger partial charge is 0.493 e. The molecule has 1 aliphatic carbocycles. The number of hydrogen-bond donors (Lipinski definition) is 0. The van der Waals surface area contributed by atoms with E-state index in [0.717, 1.165) is 35.0 Å². The topological polar surface area (TPSA) is 64.8 Å². The molecule has 7 heteroatoms. The first-order chi connectivity index (χ1) is 14.6. The van der Waals surface area contributed by atoms with Crippen LogP contribution in [0.2, 0.25) is 0 Å². The molecular formula is C23H21FN2O4. The zero-order valence-electron chi connectivity index (χ0n) is 16.8. The molecule has 6 nitrogen and oxygen atoms in total. The molecule has 0 atom stereocenters. The molecule has 1 fully saturated rings. The summed E-state index contributed by atoms with van der Waals surface area (Å²) in [5.74, 6) is 1.14. The van der Waals surface area contributed by atoms with Crippen molar-refractivity contribution in [2.45, 2.75) is 18.8 Å². The van der Waals surface area contributed by atoms with Gasteiger partial charge in [-0.1, -0.05) is 5.16 Å². The van der Waals surface area contributed by atoms with Gasteiger partial charge in [0.25, 0.3) is 5.91 Å². The van der Waals surface area contributed by atoms with Gasteiger partial charge in [0, 0.05) is 36.0 Å². The molecule has 2 heterocycles. The van der Waals surface area contributed by atoms with E-state index in [0.29, 0.717) is 35.7 Å². The molecule has 2 aromatic carbocycles. The summed E-state index contributed by atoms with van der Waals surface area (Å²) in [5, 5.41) is 5.02. The van der Waals surface area contributed by atoms with Crippen LogP contribution < -0.4 is 9.47 Å². The second kappa shape index (κ2) is 7.16. The van der Waals surface area contributed by atoms with E-state index in [-0.39, 0.29) is 17.6 Å². The van der Waals surface area contributed by atoms with Gasteiger partial charge in [0.05, 0.1) is 19.9 Å². The molecule has 1 aliphatic heterocycles. The van der Waals surface area contributed by atoms with E-state index in [1.165, 1.54) is 12.1 Å². The van der Waals surface area contributed by atoms with Gasteiger partial charge in [-0.2, -0.15) is 0 Å². The Kier molecular flexibility index (Phi) is 4.46. The van der Waals surface area contributed by atoms with Gasteiger partial charge in [-0.3, -0.25) is 4.79 Å². The van der Waals surface area contributed by atoms with Crippen LogP contribution in [0.15, 0.2) is 34.9 Å². The van der Waals surface area contributed by atoms with E-state index in [4.69, 9.17) is 14.0 Å². The highest BCUT2D eigenvalue weighted by Crippen LogP contribution is 2.42. The number of carbonyl (C=O) groups is 1. The van der Waals surface area contributed by atoms with E-state index in [2.05, 4.69) is 5.16 Å². The van der Waals surface area contributed by atoms with Gasteiger partial charge in [-0.25, -0.2) is 4.39 Å². The van der Waals surface area contributed by atoms with Crippen molar-refractivity contribution in [3.8, 4) is 11.5 Å². The molecule has 2 aliphatic rings. The number of nitrogens with zero attached hydrogens (tertiary/aromatic N) is 2. The molecular weight excluding hydrogens is 387 g/mol. The summed E-state index contributed by atoms with van der Waals surface area (Å²) in [4.78, 5) is 14.9. The lowest BCUT2D eigenvalue weighted by Crippen LogP contribution is -2.39. The number of halogens is 1. The van der Waals surface area contributed by atoms with Crippen LogP contribution in [0.4, 0.5) is 4.39 Å².